The van der Waals surface area contributed by atoms with Crippen LogP contribution in [-0.4, -0.2) is 31.1 Å². The molecule has 2 aliphatic rings. The van der Waals surface area contributed by atoms with Gasteiger partial charge in [-0.3, -0.25) is 0 Å². The maximum atomic E-state index is 6.46. The van der Waals surface area contributed by atoms with E-state index in [9.17, 15) is 0 Å². The van der Waals surface area contributed by atoms with Gasteiger partial charge in [-0.15, -0.1) is 0 Å². The quantitative estimate of drug-likeness (QED) is 0.812. The molecule has 1 aromatic carbocycles. The third-order valence-electron chi connectivity index (χ3n) is 4.84. The largest absolute Gasteiger partial charge is 0.486 e. The van der Waals surface area contributed by atoms with Crippen molar-refractivity contribution >= 4 is 11.6 Å². The Kier molecular flexibility index (Phi) is 3.96. The predicted molar refractivity (Wildman–Crippen MR) is 83.8 cm³/mol. The average molecular weight is 294 g/mol. The Labute approximate surface area is 127 Å². The van der Waals surface area contributed by atoms with E-state index in [1.165, 1.54) is 37.7 Å². The van der Waals surface area contributed by atoms with E-state index in [1.807, 2.05) is 6.07 Å². The highest BCUT2D eigenvalue weighted by molar-refractivity contribution is 6.30. The molecule has 110 valence electrons. The summed E-state index contributed by atoms with van der Waals surface area (Å²) in [4.78, 5) is 2.26. The van der Waals surface area contributed by atoms with Crippen molar-refractivity contribution in [3.05, 3.63) is 28.8 Å². The Morgan fingerprint density at radius 3 is 3.00 bits per heavy atom. The number of nitrogens with zero attached hydrogens (tertiary/aromatic N) is 1. The topological polar surface area (TPSA) is 12.5 Å². The molecule has 0 amide bonds. The molecule has 3 heteroatoms. The molecule has 0 bridgehead atoms. The average Bonchev–Trinajstić information content (AvgIpc) is 2.72. The van der Waals surface area contributed by atoms with E-state index in [-0.39, 0.29) is 5.60 Å². The van der Waals surface area contributed by atoms with Crippen LogP contribution in [0.15, 0.2) is 18.2 Å². The van der Waals surface area contributed by atoms with Gasteiger partial charge in [0.2, 0.25) is 0 Å². The molecule has 1 heterocycles. The lowest BCUT2D eigenvalue weighted by Crippen LogP contribution is -2.41. The van der Waals surface area contributed by atoms with Crippen molar-refractivity contribution in [1.29, 1.82) is 0 Å². The van der Waals surface area contributed by atoms with E-state index < -0.39 is 0 Å². The van der Waals surface area contributed by atoms with E-state index in [1.54, 1.807) is 0 Å². The molecule has 1 aliphatic heterocycles. The van der Waals surface area contributed by atoms with Gasteiger partial charge in [0.15, 0.2) is 0 Å². The molecule has 0 spiro atoms. The summed E-state index contributed by atoms with van der Waals surface area (Å²) in [5, 5.41) is 0.835. The standard InChI is InChI=1S/C17H24ClNO/c1-19(2)11-5-10-17-9-4-3-6-15(17)14-12-13(18)7-8-16(14)20-17/h7-8,12,15H,3-6,9-11H2,1-2H3. The monoisotopic (exact) mass is 293 g/mol. The molecule has 0 saturated heterocycles. The van der Waals surface area contributed by atoms with Crippen molar-refractivity contribution in [2.24, 2.45) is 0 Å². The van der Waals surface area contributed by atoms with Crippen LogP contribution in [0.25, 0.3) is 0 Å². The normalized spacial score (nSPS) is 28.1. The summed E-state index contributed by atoms with van der Waals surface area (Å²) >= 11 is 6.18. The minimum atomic E-state index is 0.0429. The zero-order chi connectivity index (χ0) is 14.2. The van der Waals surface area contributed by atoms with Crippen LogP contribution in [-0.2, 0) is 0 Å². The van der Waals surface area contributed by atoms with Crippen molar-refractivity contribution in [3.8, 4) is 5.75 Å². The Balaban J connectivity index is 1.82. The van der Waals surface area contributed by atoms with E-state index in [0.717, 1.165) is 23.7 Å². The fourth-order valence-electron chi connectivity index (χ4n) is 3.92. The van der Waals surface area contributed by atoms with Gasteiger partial charge in [0, 0.05) is 16.5 Å². The zero-order valence-electron chi connectivity index (χ0n) is 12.5. The Morgan fingerprint density at radius 2 is 2.20 bits per heavy atom. The minimum absolute atomic E-state index is 0.0429. The van der Waals surface area contributed by atoms with Crippen LogP contribution in [0.3, 0.4) is 0 Å². The molecule has 2 unspecified atom stereocenters. The second-order valence-corrected chi connectivity index (χ2v) is 6.99. The van der Waals surface area contributed by atoms with Gasteiger partial charge in [-0.1, -0.05) is 18.0 Å². The number of rotatable bonds is 4. The van der Waals surface area contributed by atoms with Crippen LogP contribution in [0.4, 0.5) is 0 Å². The first-order valence-corrected chi connectivity index (χ1v) is 8.12. The molecule has 0 aromatic heterocycles. The molecule has 1 fully saturated rings. The zero-order valence-corrected chi connectivity index (χ0v) is 13.2. The number of ether oxygens (including phenoxy) is 1. The molecule has 1 aliphatic carbocycles. The van der Waals surface area contributed by atoms with Gasteiger partial charge in [0.05, 0.1) is 0 Å². The first kappa shape index (κ1) is 14.2. The second-order valence-electron chi connectivity index (χ2n) is 6.55. The van der Waals surface area contributed by atoms with Crippen LogP contribution in [0.2, 0.25) is 5.02 Å². The SMILES string of the molecule is CN(C)CCCC12CCCCC1c1cc(Cl)ccc1O2. The molecule has 0 N–H and O–H groups in total. The fraction of sp³-hybridized carbons (Fsp3) is 0.647. The number of hydrogen-bond acceptors (Lipinski definition) is 2. The van der Waals surface area contributed by atoms with Crippen molar-refractivity contribution in [3.63, 3.8) is 0 Å². The molecule has 3 rings (SSSR count). The first-order chi connectivity index (χ1) is 9.61. The van der Waals surface area contributed by atoms with Crippen LogP contribution in [0.5, 0.6) is 5.75 Å². The maximum Gasteiger partial charge on any atom is 0.123 e. The summed E-state index contributed by atoms with van der Waals surface area (Å²) in [5.41, 5.74) is 1.39. The Bertz CT molecular complexity index is 488. The predicted octanol–water partition coefficient (Wildman–Crippen LogP) is 4.47. The third kappa shape index (κ3) is 2.56. The van der Waals surface area contributed by atoms with Crippen LogP contribution in [0.1, 0.15) is 50.0 Å². The summed E-state index contributed by atoms with van der Waals surface area (Å²) in [7, 11) is 4.28. The molecule has 2 atom stereocenters. The molecule has 2 nitrogen and oxygen atoms in total. The highest BCUT2D eigenvalue weighted by atomic mass is 35.5. The maximum absolute atomic E-state index is 6.46. The summed E-state index contributed by atoms with van der Waals surface area (Å²) in [6, 6.07) is 6.13. The highest BCUT2D eigenvalue weighted by Crippen LogP contribution is 2.54. The highest BCUT2D eigenvalue weighted by Gasteiger charge is 2.48. The van der Waals surface area contributed by atoms with Crippen LogP contribution >= 0.6 is 11.6 Å². The summed E-state index contributed by atoms with van der Waals surface area (Å²) in [5.74, 6) is 1.62. The number of hydrogen-bond donors (Lipinski definition) is 0. The number of benzene rings is 1. The fourth-order valence-corrected chi connectivity index (χ4v) is 4.10. The van der Waals surface area contributed by atoms with Crippen molar-refractivity contribution in [1.82, 2.24) is 4.90 Å². The number of fused-ring (bicyclic) bond motifs is 3. The van der Waals surface area contributed by atoms with Gasteiger partial charge < -0.3 is 9.64 Å². The van der Waals surface area contributed by atoms with E-state index >= 15 is 0 Å². The van der Waals surface area contributed by atoms with Gasteiger partial charge in [-0.25, -0.2) is 0 Å². The lowest BCUT2D eigenvalue weighted by Gasteiger charge is -2.39. The second kappa shape index (κ2) is 5.57. The van der Waals surface area contributed by atoms with E-state index in [4.69, 9.17) is 16.3 Å². The van der Waals surface area contributed by atoms with Gasteiger partial charge in [0.1, 0.15) is 11.4 Å². The summed E-state index contributed by atoms with van der Waals surface area (Å²) in [6.45, 7) is 1.13. The van der Waals surface area contributed by atoms with Crippen LogP contribution in [0, 0.1) is 0 Å². The molecule has 1 aromatic rings. The Morgan fingerprint density at radius 1 is 1.35 bits per heavy atom. The van der Waals surface area contributed by atoms with Crippen molar-refractivity contribution in [2.75, 3.05) is 20.6 Å². The van der Waals surface area contributed by atoms with Gasteiger partial charge in [-0.2, -0.15) is 0 Å². The Hall–Kier alpha value is -0.730. The lowest BCUT2D eigenvalue weighted by atomic mass is 9.71. The lowest BCUT2D eigenvalue weighted by molar-refractivity contribution is 0.0239. The molecular formula is C17H24ClNO. The van der Waals surface area contributed by atoms with Crippen molar-refractivity contribution in [2.45, 2.75) is 50.0 Å². The third-order valence-corrected chi connectivity index (χ3v) is 5.08. The smallest absolute Gasteiger partial charge is 0.123 e. The van der Waals surface area contributed by atoms with E-state index in [0.29, 0.717) is 5.92 Å². The molecule has 20 heavy (non-hydrogen) atoms. The van der Waals surface area contributed by atoms with E-state index in [2.05, 4.69) is 31.1 Å². The summed E-state index contributed by atoms with van der Waals surface area (Å²) < 4.78 is 6.46. The molecule has 1 saturated carbocycles. The summed E-state index contributed by atoms with van der Waals surface area (Å²) in [6.07, 6.45) is 7.40. The molecule has 0 radical (unpaired) electrons. The van der Waals surface area contributed by atoms with Gasteiger partial charge in [0.25, 0.3) is 0 Å². The van der Waals surface area contributed by atoms with Gasteiger partial charge in [-0.05, 0) is 70.9 Å². The minimum Gasteiger partial charge on any atom is -0.486 e. The first-order valence-electron chi connectivity index (χ1n) is 7.74. The number of halogens is 1. The van der Waals surface area contributed by atoms with Crippen molar-refractivity contribution < 1.29 is 4.74 Å². The van der Waals surface area contributed by atoms with Crippen LogP contribution < -0.4 is 4.74 Å². The molecular weight excluding hydrogens is 270 g/mol. The van der Waals surface area contributed by atoms with Gasteiger partial charge >= 0.3 is 0 Å².